The number of fused-ring (bicyclic) bond motifs is 1. The maximum absolute atomic E-state index is 13.0. The molecule has 0 amide bonds. The minimum Gasteiger partial charge on any atom is -0.488 e. The number of likely N-dealkylation sites (tertiary alicyclic amines) is 1. The SMILES string of the molecule is O=S(=O)(NCCCCN1CCC(Oc2cccc3ccccc23)C1)c1ccc(F)cc1. The van der Waals surface area contributed by atoms with Crippen LogP contribution in [0.3, 0.4) is 0 Å². The van der Waals surface area contributed by atoms with Gasteiger partial charge in [-0.05, 0) is 61.5 Å². The molecular formula is C24H27FN2O3S. The van der Waals surface area contributed by atoms with E-state index in [1.165, 1.54) is 17.5 Å². The van der Waals surface area contributed by atoms with Crippen molar-refractivity contribution >= 4 is 20.8 Å². The van der Waals surface area contributed by atoms with Gasteiger partial charge in [-0.25, -0.2) is 17.5 Å². The Labute approximate surface area is 182 Å². The van der Waals surface area contributed by atoms with Gasteiger partial charge in [-0.1, -0.05) is 36.4 Å². The normalized spacial score (nSPS) is 17.3. The standard InChI is InChI=1S/C24H27FN2O3S/c25-20-10-12-22(13-11-20)31(28,29)26-15-3-4-16-27-17-14-21(18-27)30-24-9-5-7-19-6-1-2-8-23(19)24/h1-2,5-13,21,26H,3-4,14-18H2. The molecule has 164 valence electrons. The number of nitrogens with one attached hydrogen (secondary N) is 1. The molecule has 1 saturated heterocycles. The van der Waals surface area contributed by atoms with Crippen LogP contribution in [-0.4, -0.2) is 45.6 Å². The Balaban J connectivity index is 1.19. The van der Waals surface area contributed by atoms with Crippen LogP contribution in [0.5, 0.6) is 5.75 Å². The monoisotopic (exact) mass is 442 g/mol. The molecule has 1 aliphatic rings. The van der Waals surface area contributed by atoms with Gasteiger partial charge in [0.1, 0.15) is 17.7 Å². The Bertz CT molecular complexity index is 1110. The van der Waals surface area contributed by atoms with E-state index in [9.17, 15) is 12.8 Å². The van der Waals surface area contributed by atoms with Crippen LogP contribution in [0.25, 0.3) is 10.8 Å². The van der Waals surface area contributed by atoms with E-state index in [4.69, 9.17) is 4.74 Å². The van der Waals surface area contributed by atoms with Gasteiger partial charge in [0.05, 0.1) is 4.90 Å². The highest BCUT2D eigenvalue weighted by molar-refractivity contribution is 7.89. The van der Waals surface area contributed by atoms with E-state index in [0.29, 0.717) is 6.54 Å². The Morgan fingerprint density at radius 3 is 2.61 bits per heavy atom. The number of hydrogen-bond acceptors (Lipinski definition) is 4. The third-order valence-corrected chi connectivity index (χ3v) is 7.07. The first-order valence-corrected chi connectivity index (χ1v) is 12.1. The Morgan fingerprint density at radius 1 is 1.00 bits per heavy atom. The van der Waals surface area contributed by atoms with Gasteiger partial charge in [0, 0.05) is 25.0 Å². The van der Waals surface area contributed by atoms with E-state index in [-0.39, 0.29) is 11.0 Å². The molecule has 1 atom stereocenters. The van der Waals surface area contributed by atoms with Crippen molar-refractivity contribution in [1.82, 2.24) is 9.62 Å². The number of sulfonamides is 1. The van der Waals surface area contributed by atoms with Gasteiger partial charge in [-0.15, -0.1) is 0 Å². The molecule has 1 heterocycles. The third-order valence-electron chi connectivity index (χ3n) is 5.59. The summed E-state index contributed by atoms with van der Waals surface area (Å²) in [5.41, 5.74) is 0. The number of hydrogen-bond donors (Lipinski definition) is 1. The number of unbranched alkanes of at least 4 members (excludes halogenated alkanes) is 1. The zero-order valence-corrected chi connectivity index (χ0v) is 18.2. The first kappa shape index (κ1) is 21.7. The van der Waals surface area contributed by atoms with Crippen molar-refractivity contribution in [1.29, 1.82) is 0 Å². The predicted molar refractivity (Wildman–Crippen MR) is 120 cm³/mol. The van der Waals surface area contributed by atoms with Crippen molar-refractivity contribution in [3.05, 3.63) is 72.5 Å². The van der Waals surface area contributed by atoms with Gasteiger partial charge in [0.2, 0.25) is 10.0 Å². The molecule has 0 bridgehead atoms. The minimum atomic E-state index is -3.59. The molecule has 7 heteroatoms. The second-order valence-electron chi connectivity index (χ2n) is 7.87. The first-order valence-electron chi connectivity index (χ1n) is 10.6. The summed E-state index contributed by atoms with van der Waals surface area (Å²) >= 11 is 0. The quantitative estimate of drug-likeness (QED) is 0.505. The molecule has 0 saturated carbocycles. The molecule has 0 spiro atoms. The van der Waals surface area contributed by atoms with Crippen molar-refractivity contribution in [3.8, 4) is 5.75 Å². The van der Waals surface area contributed by atoms with Crippen molar-refractivity contribution < 1.29 is 17.5 Å². The average molecular weight is 443 g/mol. The molecule has 4 rings (SSSR count). The molecule has 3 aromatic carbocycles. The molecule has 1 fully saturated rings. The van der Waals surface area contributed by atoms with Gasteiger partial charge in [-0.2, -0.15) is 0 Å². The fourth-order valence-corrected chi connectivity index (χ4v) is 5.01. The van der Waals surface area contributed by atoms with E-state index in [1.54, 1.807) is 0 Å². The molecule has 0 radical (unpaired) electrons. The number of nitrogens with zero attached hydrogens (tertiary/aromatic N) is 1. The van der Waals surface area contributed by atoms with Crippen LogP contribution in [-0.2, 0) is 10.0 Å². The summed E-state index contributed by atoms with van der Waals surface area (Å²) in [5.74, 6) is 0.479. The fraction of sp³-hybridized carbons (Fsp3) is 0.333. The maximum atomic E-state index is 13.0. The highest BCUT2D eigenvalue weighted by Gasteiger charge is 2.24. The smallest absolute Gasteiger partial charge is 0.240 e. The largest absolute Gasteiger partial charge is 0.488 e. The van der Waals surface area contributed by atoms with Gasteiger partial charge in [0.25, 0.3) is 0 Å². The lowest BCUT2D eigenvalue weighted by Crippen LogP contribution is -2.28. The molecule has 1 unspecified atom stereocenters. The summed E-state index contributed by atoms with van der Waals surface area (Å²) in [5, 5.41) is 2.31. The van der Waals surface area contributed by atoms with Crippen LogP contribution in [0.4, 0.5) is 4.39 Å². The highest BCUT2D eigenvalue weighted by Crippen LogP contribution is 2.27. The van der Waals surface area contributed by atoms with Crippen molar-refractivity contribution in [2.75, 3.05) is 26.2 Å². The predicted octanol–water partition coefficient (Wildman–Crippen LogP) is 4.19. The van der Waals surface area contributed by atoms with E-state index < -0.39 is 15.8 Å². The third kappa shape index (κ3) is 5.61. The van der Waals surface area contributed by atoms with Crippen molar-refractivity contribution in [2.45, 2.75) is 30.3 Å². The molecule has 0 aliphatic carbocycles. The number of benzene rings is 3. The lowest BCUT2D eigenvalue weighted by molar-refractivity contribution is 0.202. The maximum Gasteiger partial charge on any atom is 0.240 e. The summed E-state index contributed by atoms with van der Waals surface area (Å²) in [6.45, 7) is 3.14. The number of halogens is 1. The highest BCUT2D eigenvalue weighted by atomic mass is 32.2. The summed E-state index contributed by atoms with van der Waals surface area (Å²) < 4.78 is 46.3. The number of ether oxygens (including phenoxy) is 1. The summed E-state index contributed by atoms with van der Waals surface area (Å²) in [6, 6.07) is 19.2. The lowest BCUT2D eigenvalue weighted by Gasteiger charge is -2.18. The molecular weight excluding hydrogens is 415 g/mol. The topological polar surface area (TPSA) is 58.6 Å². The van der Waals surface area contributed by atoms with Crippen LogP contribution in [0.1, 0.15) is 19.3 Å². The van der Waals surface area contributed by atoms with Gasteiger partial charge in [0.15, 0.2) is 0 Å². The zero-order chi connectivity index (χ0) is 21.7. The van der Waals surface area contributed by atoms with Crippen LogP contribution in [0.2, 0.25) is 0 Å². The van der Waals surface area contributed by atoms with Crippen LogP contribution in [0, 0.1) is 5.82 Å². The zero-order valence-electron chi connectivity index (χ0n) is 17.3. The molecule has 5 nitrogen and oxygen atoms in total. The Kier molecular flexibility index (Phi) is 6.85. The van der Waals surface area contributed by atoms with Crippen molar-refractivity contribution in [3.63, 3.8) is 0 Å². The average Bonchev–Trinajstić information content (AvgIpc) is 3.21. The number of rotatable bonds is 9. The van der Waals surface area contributed by atoms with E-state index in [0.717, 1.165) is 62.2 Å². The van der Waals surface area contributed by atoms with E-state index >= 15 is 0 Å². The Hall–Kier alpha value is -2.48. The molecule has 1 aliphatic heterocycles. The van der Waals surface area contributed by atoms with Crippen LogP contribution in [0.15, 0.2) is 71.6 Å². The van der Waals surface area contributed by atoms with Gasteiger partial charge in [-0.3, -0.25) is 4.90 Å². The first-order chi connectivity index (χ1) is 15.0. The minimum absolute atomic E-state index is 0.0851. The molecule has 31 heavy (non-hydrogen) atoms. The second-order valence-corrected chi connectivity index (χ2v) is 9.63. The second kappa shape index (κ2) is 9.77. The Morgan fingerprint density at radius 2 is 1.77 bits per heavy atom. The van der Waals surface area contributed by atoms with Crippen LogP contribution < -0.4 is 9.46 Å². The van der Waals surface area contributed by atoms with Crippen molar-refractivity contribution in [2.24, 2.45) is 0 Å². The summed E-state index contributed by atoms with van der Waals surface area (Å²) in [7, 11) is -3.59. The molecule has 3 aromatic rings. The fourth-order valence-electron chi connectivity index (χ4n) is 3.94. The molecule has 1 N–H and O–H groups in total. The lowest BCUT2D eigenvalue weighted by atomic mass is 10.1. The molecule has 0 aromatic heterocycles. The van der Waals surface area contributed by atoms with Crippen LogP contribution >= 0.6 is 0 Å². The van der Waals surface area contributed by atoms with Gasteiger partial charge >= 0.3 is 0 Å². The van der Waals surface area contributed by atoms with E-state index in [1.807, 2.05) is 24.3 Å². The van der Waals surface area contributed by atoms with Gasteiger partial charge < -0.3 is 4.74 Å². The summed E-state index contributed by atoms with van der Waals surface area (Å²) in [6.07, 6.45) is 2.79. The summed E-state index contributed by atoms with van der Waals surface area (Å²) in [4.78, 5) is 2.45. The van der Waals surface area contributed by atoms with E-state index in [2.05, 4.69) is 27.8 Å².